The lowest BCUT2D eigenvalue weighted by Crippen LogP contribution is -2.46. The lowest BCUT2D eigenvalue weighted by atomic mass is 10.0. The van der Waals surface area contributed by atoms with Crippen LogP contribution < -0.4 is 5.32 Å². The number of ether oxygens (including phenoxy) is 1. The fourth-order valence-corrected chi connectivity index (χ4v) is 2.41. The Labute approximate surface area is 116 Å². The van der Waals surface area contributed by atoms with Crippen molar-refractivity contribution in [1.82, 2.24) is 10.2 Å². The number of likely N-dealkylation sites (tertiary alicyclic amines) is 1. The summed E-state index contributed by atoms with van der Waals surface area (Å²) in [7, 11) is 0. The van der Waals surface area contributed by atoms with Crippen LogP contribution in [0.3, 0.4) is 0 Å². The average Bonchev–Trinajstić information content (AvgIpc) is 2.36. The first-order valence-corrected chi connectivity index (χ1v) is 7.36. The van der Waals surface area contributed by atoms with Crippen LogP contribution in [0.1, 0.15) is 40.0 Å². The number of amides is 1. The van der Waals surface area contributed by atoms with Gasteiger partial charge in [0.05, 0.1) is 12.7 Å². The van der Waals surface area contributed by atoms with E-state index in [9.17, 15) is 9.90 Å². The standard InChI is InChI=1S/C14H28N2O3/c1-4-19-14(18)16-7-5-12(6-8-16)15-10-13(17)9-11(2)3/h11-13,15,17H,4-10H2,1-3H3. The van der Waals surface area contributed by atoms with Gasteiger partial charge in [0.1, 0.15) is 0 Å². The Morgan fingerprint density at radius 1 is 1.42 bits per heavy atom. The molecule has 1 saturated heterocycles. The van der Waals surface area contributed by atoms with E-state index < -0.39 is 0 Å². The summed E-state index contributed by atoms with van der Waals surface area (Å²) in [6, 6.07) is 0.396. The van der Waals surface area contributed by atoms with Crippen molar-refractivity contribution >= 4 is 6.09 Å². The summed E-state index contributed by atoms with van der Waals surface area (Å²) in [4.78, 5) is 13.3. The summed E-state index contributed by atoms with van der Waals surface area (Å²) in [5.74, 6) is 0.516. The van der Waals surface area contributed by atoms with Gasteiger partial charge in [-0.05, 0) is 32.1 Å². The fraction of sp³-hybridized carbons (Fsp3) is 0.929. The van der Waals surface area contributed by atoms with Crippen LogP contribution in [-0.4, -0.2) is 54.5 Å². The van der Waals surface area contributed by atoms with Crippen molar-refractivity contribution in [2.45, 2.75) is 52.2 Å². The average molecular weight is 272 g/mol. The Morgan fingerprint density at radius 3 is 2.58 bits per heavy atom. The minimum absolute atomic E-state index is 0.208. The first-order valence-electron chi connectivity index (χ1n) is 7.36. The van der Waals surface area contributed by atoms with E-state index >= 15 is 0 Å². The predicted molar refractivity (Wildman–Crippen MR) is 75.1 cm³/mol. The van der Waals surface area contributed by atoms with Crippen molar-refractivity contribution in [2.75, 3.05) is 26.2 Å². The number of hydrogen-bond acceptors (Lipinski definition) is 4. The molecule has 0 saturated carbocycles. The van der Waals surface area contributed by atoms with Crippen LogP contribution in [0.5, 0.6) is 0 Å². The molecule has 2 N–H and O–H groups in total. The second-order valence-corrected chi connectivity index (χ2v) is 5.65. The Morgan fingerprint density at radius 2 is 2.05 bits per heavy atom. The molecule has 1 amide bonds. The van der Waals surface area contributed by atoms with Crippen LogP contribution in [0.2, 0.25) is 0 Å². The van der Waals surface area contributed by atoms with Crippen LogP contribution in [0, 0.1) is 5.92 Å². The summed E-state index contributed by atoms with van der Waals surface area (Å²) in [5.41, 5.74) is 0. The van der Waals surface area contributed by atoms with Gasteiger partial charge in [-0.15, -0.1) is 0 Å². The third kappa shape index (κ3) is 6.25. The molecule has 0 spiro atoms. The van der Waals surface area contributed by atoms with Crippen LogP contribution >= 0.6 is 0 Å². The quantitative estimate of drug-likeness (QED) is 0.771. The number of aliphatic hydroxyl groups is 1. The van der Waals surface area contributed by atoms with E-state index in [1.54, 1.807) is 4.90 Å². The first kappa shape index (κ1) is 16.2. The lowest BCUT2D eigenvalue weighted by molar-refractivity contribution is 0.0916. The molecule has 1 aliphatic heterocycles. The molecule has 0 radical (unpaired) electrons. The first-order chi connectivity index (χ1) is 9.02. The summed E-state index contributed by atoms with van der Waals surface area (Å²) >= 11 is 0. The maximum atomic E-state index is 11.5. The van der Waals surface area contributed by atoms with Crippen LogP contribution in [0.15, 0.2) is 0 Å². The second kappa shape index (κ2) is 8.38. The van der Waals surface area contributed by atoms with Crippen LogP contribution in [0.25, 0.3) is 0 Å². The molecule has 19 heavy (non-hydrogen) atoms. The van der Waals surface area contributed by atoms with Crippen molar-refractivity contribution in [3.05, 3.63) is 0 Å². The number of rotatable bonds is 6. The van der Waals surface area contributed by atoms with Crippen LogP contribution in [0.4, 0.5) is 4.79 Å². The molecule has 1 aliphatic rings. The molecule has 0 bridgehead atoms. The van der Waals surface area contributed by atoms with Gasteiger partial charge in [-0.25, -0.2) is 4.79 Å². The van der Waals surface area contributed by atoms with Gasteiger partial charge in [0, 0.05) is 25.7 Å². The molecule has 1 atom stereocenters. The molecule has 1 rings (SSSR count). The SMILES string of the molecule is CCOC(=O)N1CCC(NCC(O)CC(C)C)CC1. The highest BCUT2D eigenvalue weighted by Crippen LogP contribution is 2.12. The highest BCUT2D eigenvalue weighted by molar-refractivity contribution is 5.67. The van der Waals surface area contributed by atoms with Crippen LogP contribution in [-0.2, 0) is 4.74 Å². The number of hydrogen-bond donors (Lipinski definition) is 2. The number of piperidine rings is 1. The molecule has 0 aliphatic carbocycles. The summed E-state index contributed by atoms with van der Waals surface area (Å²) in [5, 5.41) is 13.2. The largest absolute Gasteiger partial charge is 0.450 e. The topological polar surface area (TPSA) is 61.8 Å². The molecule has 0 aromatic carbocycles. The zero-order valence-corrected chi connectivity index (χ0v) is 12.4. The molecule has 0 aromatic heterocycles. The molecule has 1 fully saturated rings. The van der Waals surface area contributed by atoms with E-state index in [0.717, 1.165) is 32.4 Å². The Hall–Kier alpha value is -0.810. The van der Waals surface area contributed by atoms with Gasteiger partial charge >= 0.3 is 6.09 Å². The van der Waals surface area contributed by atoms with Gasteiger partial charge in [0.25, 0.3) is 0 Å². The highest BCUT2D eigenvalue weighted by atomic mass is 16.6. The molecule has 1 heterocycles. The van der Waals surface area contributed by atoms with E-state index in [1.165, 1.54) is 0 Å². The van der Waals surface area contributed by atoms with Crippen molar-refractivity contribution in [1.29, 1.82) is 0 Å². The van der Waals surface area contributed by atoms with Crippen molar-refractivity contribution < 1.29 is 14.6 Å². The maximum Gasteiger partial charge on any atom is 0.409 e. The van der Waals surface area contributed by atoms with E-state index in [1.807, 2.05) is 6.92 Å². The number of nitrogens with zero attached hydrogens (tertiary/aromatic N) is 1. The number of nitrogens with one attached hydrogen (secondary N) is 1. The molecular weight excluding hydrogens is 244 g/mol. The van der Waals surface area contributed by atoms with E-state index in [0.29, 0.717) is 25.1 Å². The van der Waals surface area contributed by atoms with Gasteiger partial charge in [0.2, 0.25) is 0 Å². The molecule has 5 heteroatoms. The normalized spacial score (nSPS) is 18.7. The zero-order valence-electron chi connectivity index (χ0n) is 12.4. The molecule has 0 aromatic rings. The van der Waals surface area contributed by atoms with Gasteiger partial charge in [-0.1, -0.05) is 13.8 Å². The second-order valence-electron chi connectivity index (χ2n) is 5.65. The fourth-order valence-electron chi connectivity index (χ4n) is 2.41. The van der Waals surface area contributed by atoms with Gasteiger partial charge < -0.3 is 20.1 Å². The van der Waals surface area contributed by atoms with E-state index in [-0.39, 0.29) is 12.2 Å². The summed E-state index contributed by atoms with van der Waals surface area (Å²) < 4.78 is 4.99. The Kier molecular flexibility index (Phi) is 7.16. The van der Waals surface area contributed by atoms with Gasteiger partial charge in [0.15, 0.2) is 0 Å². The minimum Gasteiger partial charge on any atom is -0.450 e. The smallest absolute Gasteiger partial charge is 0.409 e. The Balaban J connectivity index is 2.18. The number of carbonyl (C=O) groups excluding carboxylic acids is 1. The van der Waals surface area contributed by atoms with E-state index in [2.05, 4.69) is 19.2 Å². The number of carbonyl (C=O) groups is 1. The Bertz CT molecular complexity index is 263. The van der Waals surface area contributed by atoms with Crippen molar-refractivity contribution in [3.8, 4) is 0 Å². The molecule has 112 valence electrons. The third-order valence-electron chi connectivity index (χ3n) is 3.41. The van der Waals surface area contributed by atoms with Gasteiger partial charge in [-0.3, -0.25) is 0 Å². The van der Waals surface area contributed by atoms with E-state index in [4.69, 9.17) is 4.74 Å². The number of aliphatic hydroxyl groups excluding tert-OH is 1. The van der Waals surface area contributed by atoms with Gasteiger partial charge in [-0.2, -0.15) is 0 Å². The lowest BCUT2D eigenvalue weighted by Gasteiger charge is -2.32. The highest BCUT2D eigenvalue weighted by Gasteiger charge is 2.23. The monoisotopic (exact) mass is 272 g/mol. The van der Waals surface area contributed by atoms with Crippen molar-refractivity contribution in [3.63, 3.8) is 0 Å². The van der Waals surface area contributed by atoms with Crippen molar-refractivity contribution in [2.24, 2.45) is 5.92 Å². The molecule has 5 nitrogen and oxygen atoms in total. The molecule has 1 unspecified atom stereocenters. The molecular formula is C14H28N2O3. The third-order valence-corrected chi connectivity index (χ3v) is 3.41. The zero-order chi connectivity index (χ0) is 14.3. The maximum absolute atomic E-state index is 11.5. The summed E-state index contributed by atoms with van der Waals surface area (Å²) in [6.45, 7) is 8.58. The predicted octanol–water partition coefficient (Wildman–Crippen LogP) is 1.60. The summed E-state index contributed by atoms with van der Waals surface area (Å²) in [6.07, 6.45) is 2.19. The minimum atomic E-state index is -0.275.